The molecule has 0 unspecified atom stereocenters. The summed E-state index contributed by atoms with van der Waals surface area (Å²) in [4.78, 5) is 2.06. The summed E-state index contributed by atoms with van der Waals surface area (Å²) in [6, 6.07) is 6.65. The molecule has 0 radical (unpaired) electrons. The lowest BCUT2D eigenvalue weighted by atomic mass is 10.1. The van der Waals surface area contributed by atoms with Gasteiger partial charge in [-0.25, -0.2) is 4.39 Å². The monoisotopic (exact) mass is 251 g/mol. The first-order valence-corrected chi connectivity index (χ1v) is 6.10. The van der Waals surface area contributed by atoms with Crippen molar-refractivity contribution in [1.82, 2.24) is 10.2 Å². The highest BCUT2D eigenvalue weighted by Crippen LogP contribution is 2.15. The van der Waals surface area contributed by atoms with Crippen LogP contribution in [0.4, 0.5) is 4.39 Å². The summed E-state index contributed by atoms with van der Waals surface area (Å²) < 4.78 is 12.9. The van der Waals surface area contributed by atoms with Crippen LogP contribution in [0.15, 0.2) is 30.5 Å². The van der Waals surface area contributed by atoms with Crippen LogP contribution in [0.25, 0.3) is 5.57 Å². The number of halogens is 1. The van der Waals surface area contributed by atoms with Crippen molar-refractivity contribution in [3.05, 3.63) is 41.8 Å². The third kappa shape index (κ3) is 4.85. The molecule has 18 heavy (non-hydrogen) atoms. The van der Waals surface area contributed by atoms with Gasteiger partial charge >= 0.3 is 0 Å². The first-order chi connectivity index (χ1) is 8.52. The average Bonchev–Trinajstić information content (AvgIpc) is 2.28. The minimum Gasteiger partial charge on any atom is -0.379 e. The van der Waals surface area contributed by atoms with Gasteiger partial charge in [0.15, 0.2) is 0 Å². The fraction of sp³-hybridized carbons (Fsp3) is 0.429. The maximum atomic E-state index is 12.9. The topological polar surface area (TPSA) is 41.3 Å². The van der Waals surface area contributed by atoms with Gasteiger partial charge in [-0.15, -0.1) is 0 Å². The summed E-state index contributed by atoms with van der Waals surface area (Å²) in [5.41, 5.74) is 7.89. The van der Waals surface area contributed by atoms with E-state index in [1.165, 1.54) is 12.1 Å². The third-order valence-corrected chi connectivity index (χ3v) is 2.53. The Hall–Kier alpha value is -1.39. The zero-order valence-electron chi connectivity index (χ0n) is 11.3. The fourth-order valence-electron chi connectivity index (χ4n) is 1.85. The predicted octanol–water partition coefficient (Wildman–Crippen LogP) is 1.67. The second kappa shape index (κ2) is 7.13. The lowest BCUT2D eigenvalue weighted by Gasteiger charge is -2.19. The molecule has 0 saturated heterocycles. The second-order valence-corrected chi connectivity index (χ2v) is 4.61. The van der Waals surface area contributed by atoms with Gasteiger partial charge in [0.2, 0.25) is 0 Å². The lowest BCUT2D eigenvalue weighted by Crippen LogP contribution is -2.30. The van der Waals surface area contributed by atoms with Gasteiger partial charge in [-0.05, 0) is 37.2 Å². The Bertz CT molecular complexity index is 385. The molecular formula is C14H22FN3. The SMILES string of the molecule is CNC/C(=C\N(C)C[C@H](C)N)c1ccc(F)cc1. The smallest absolute Gasteiger partial charge is 0.123 e. The van der Waals surface area contributed by atoms with Crippen molar-refractivity contribution in [2.75, 3.05) is 27.2 Å². The number of hydrogen-bond acceptors (Lipinski definition) is 3. The third-order valence-electron chi connectivity index (χ3n) is 2.53. The Balaban J connectivity index is 2.87. The second-order valence-electron chi connectivity index (χ2n) is 4.61. The molecule has 0 saturated carbocycles. The van der Waals surface area contributed by atoms with Crippen LogP contribution in [-0.2, 0) is 0 Å². The van der Waals surface area contributed by atoms with E-state index in [0.29, 0.717) is 0 Å². The number of nitrogens with two attached hydrogens (primary N) is 1. The van der Waals surface area contributed by atoms with Crippen molar-refractivity contribution in [2.45, 2.75) is 13.0 Å². The van der Waals surface area contributed by atoms with Gasteiger partial charge in [-0.2, -0.15) is 0 Å². The molecule has 1 aromatic carbocycles. The van der Waals surface area contributed by atoms with Crippen LogP contribution in [0, 0.1) is 5.82 Å². The normalized spacial score (nSPS) is 13.5. The van der Waals surface area contributed by atoms with Crippen molar-refractivity contribution >= 4 is 5.57 Å². The van der Waals surface area contributed by atoms with Crippen LogP contribution in [0.1, 0.15) is 12.5 Å². The van der Waals surface area contributed by atoms with E-state index in [9.17, 15) is 4.39 Å². The molecule has 0 heterocycles. The molecule has 0 fully saturated rings. The molecule has 3 nitrogen and oxygen atoms in total. The minimum absolute atomic E-state index is 0.121. The van der Waals surface area contributed by atoms with E-state index in [0.717, 1.165) is 24.2 Å². The van der Waals surface area contributed by atoms with Gasteiger partial charge in [-0.3, -0.25) is 0 Å². The van der Waals surface area contributed by atoms with E-state index >= 15 is 0 Å². The average molecular weight is 251 g/mol. The highest BCUT2D eigenvalue weighted by Gasteiger charge is 2.04. The molecule has 0 aromatic heterocycles. The van der Waals surface area contributed by atoms with Crippen LogP contribution in [0.5, 0.6) is 0 Å². The Morgan fingerprint density at radius 3 is 2.56 bits per heavy atom. The molecule has 0 bridgehead atoms. The van der Waals surface area contributed by atoms with Crippen LogP contribution >= 0.6 is 0 Å². The molecule has 0 aliphatic carbocycles. The summed E-state index contributed by atoms with van der Waals surface area (Å²) in [5, 5.41) is 3.12. The number of rotatable bonds is 6. The van der Waals surface area contributed by atoms with Gasteiger partial charge in [-0.1, -0.05) is 12.1 Å². The maximum Gasteiger partial charge on any atom is 0.123 e. The number of nitrogens with zero attached hydrogens (tertiary/aromatic N) is 1. The summed E-state index contributed by atoms with van der Waals surface area (Å²) in [6.07, 6.45) is 2.05. The zero-order chi connectivity index (χ0) is 13.5. The molecule has 0 aliphatic heterocycles. The molecule has 1 rings (SSSR count). The highest BCUT2D eigenvalue weighted by molar-refractivity contribution is 5.66. The van der Waals surface area contributed by atoms with Crippen LogP contribution in [-0.4, -0.2) is 38.1 Å². The Kier molecular flexibility index (Phi) is 5.82. The summed E-state index contributed by atoms with van der Waals surface area (Å²) in [6.45, 7) is 3.49. The van der Waals surface area contributed by atoms with Gasteiger partial charge in [0.1, 0.15) is 5.82 Å². The molecule has 0 amide bonds. The maximum absolute atomic E-state index is 12.9. The van der Waals surface area contributed by atoms with Crippen LogP contribution < -0.4 is 11.1 Å². The van der Waals surface area contributed by atoms with Gasteiger partial charge < -0.3 is 16.0 Å². The van der Waals surface area contributed by atoms with Crippen molar-refractivity contribution in [1.29, 1.82) is 0 Å². The Morgan fingerprint density at radius 2 is 2.06 bits per heavy atom. The van der Waals surface area contributed by atoms with E-state index in [2.05, 4.69) is 10.2 Å². The largest absolute Gasteiger partial charge is 0.379 e. The highest BCUT2D eigenvalue weighted by atomic mass is 19.1. The fourth-order valence-corrected chi connectivity index (χ4v) is 1.85. The van der Waals surface area contributed by atoms with Gasteiger partial charge in [0, 0.05) is 32.4 Å². The number of benzene rings is 1. The van der Waals surface area contributed by atoms with E-state index in [4.69, 9.17) is 5.73 Å². The van der Waals surface area contributed by atoms with Crippen molar-refractivity contribution < 1.29 is 4.39 Å². The standard InChI is InChI=1S/C14H22FN3/c1-11(16)9-18(3)10-13(8-17-2)12-4-6-14(15)7-5-12/h4-7,10-11,17H,8-9,16H2,1-3H3/b13-10+/t11-/m0/s1. The van der Waals surface area contributed by atoms with Crippen LogP contribution in [0.2, 0.25) is 0 Å². The predicted molar refractivity (Wildman–Crippen MR) is 74.6 cm³/mol. The molecular weight excluding hydrogens is 229 g/mol. The van der Waals surface area contributed by atoms with E-state index in [-0.39, 0.29) is 11.9 Å². The van der Waals surface area contributed by atoms with Gasteiger partial charge in [0.05, 0.1) is 0 Å². The zero-order valence-corrected chi connectivity index (χ0v) is 11.3. The molecule has 0 aliphatic rings. The van der Waals surface area contributed by atoms with Gasteiger partial charge in [0.25, 0.3) is 0 Å². The van der Waals surface area contributed by atoms with E-state index in [1.54, 1.807) is 12.1 Å². The molecule has 0 spiro atoms. The molecule has 4 heteroatoms. The van der Waals surface area contributed by atoms with Crippen LogP contribution in [0.3, 0.4) is 0 Å². The molecule has 3 N–H and O–H groups in total. The first-order valence-electron chi connectivity index (χ1n) is 6.10. The lowest BCUT2D eigenvalue weighted by molar-refractivity contribution is 0.424. The number of nitrogens with one attached hydrogen (secondary N) is 1. The summed E-state index contributed by atoms with van der Waals surface area (Å²) in [7, 11) is 3.88. The number of likely N-dealkylation sites (N-methyl/N-ethyl adjacent to an activating group) is 2. The summed E-state index contributed by atoms with van der Waals surface area (Å²) >= 11 is 0. The quantitative estimate of drug-likeness (QED) is 0.808. The molecule has 1 atom stereocenters. The van der Waals surface area contributed by atoms with E-state index < -0.39 is 0 Å². The molecule has 100 valence electrons. The molecule has 1 aromatic rings. The minimum atomic E-state index is -0.216. The Labute approximate surface area is 108 Å². The van der Waals surface area contributed by atoms with Crippen molar-refractivity contribution in [3.63, 3.8) is 0 Å². The number of hydrogen-bond donors (Lipinski definition) is 2. The Morgan fingerprint density at radius 1 is 1.44 bits per heavy atom. The van der Waals surface area contributed by atoms with E-state index in [1.807, 2.05) is 27.2 Å². The van der Waals surface area contributed by atoms with Crippen molar-refractivity contribution in [3.8, 4) is 0 Å². The first kappa shape index (κ1) is 14.7. The summed E-state index contributed by atoms with van der Waals surface area (Å²) in [5.74, 6) is -0.216. The van der Waals surface area contributed by atoms with Crippen molar-refractivity contribution in [2.24, 2.45) is 5.73 Å².